The maximum Gasteiger partial charge on any atom is 0.280 e. The van der Waals surface area contributed by atoms with Crippen LogP contribution in [0.1, 0.15) is 17.7 Å². The van der Waals surface area contributed by atoms with Crippen LogP contribution in [0.3, 0.4) is 0 Å². The Morgan fingerprint density at radius 1 is 1.10 bits per heavy atom. The first-order valence-electron chi connectivity index (χ1n) is 12.7. The Kier molecular flexibility index (Phi) is 10.3. The van der Waals surface area contributed by atoms with E-state index in [1.165, 1.54) is 42.7 Å². The molecule has 0 saturated heterocycles. The van der Waals surface area contributed by atoms with Crippen LogP contribution in [0, 0.1) is 0 Å². The summed E-state index contributed by atoms with van der Waals surface area (Å²) < 4.78 is 37.5. The van der Waals surface area contributed by atoms with Gasteiger partial charge in [-0.3, -0.25) is 14.8 Å². The van der Waals surface area contributed by atoms with Gasteiger partial charge in [-0.25, -0.2) is 18.4 Å². The molecule has 0 aliphatic carbocycles. The van der Waals surface area contributed by atoms with Gasteiger partial charge in [0.15, 0.2) is 27.3 Å². The molecule has 0 fully saturated rings. The minimum atomic E-state index is -3.51. The molecule has 0 saturated carbocycles. The van der Waals surface area contributed by atoms with Crippen molar-refractivity contribution < 1.29 is 27.5 Å². The van der Waals surface area contributed by atoms with Crippen LogP contribution in [0.15, 0.2) is 58.7 Å². The third-order valence-electron chi connectivity index (χ3n) is 5.65. The average molecular weight is 602 g/mol. The first kappa shape index (κ1) is 30.0. The highest BCUT2D eigenvalue weighted by atomic mass is 32.2. The number of hydrogen-bond donors (Lipinski definition) is 2. The summed E-state index contributed by atoms with van der Waals surface area (Å²) in [6, 6.07) is 11.2. The van der Waals surface area contributed by atoms with E-state index in [4.69, 9.17) is 14.3 Å². The molecule has 3 aromatic heterocycles. The molecule has 0 radical (unpaired) electrons. The maximum atomic E-state index is 13.4. The number of aromatic nitrogens is 4. The lowest BCUT2D eigenvalue weighted by molar-refractivity contribution is -0.110. The largest absolute Gasteiger partial charge is 0.476 e. The second-order valence-electron chi connectivity index (χ2n) is 8.78. The highest BCUT2D eigenvalue weighted by Crippen LogP contribution is 2.26. The van der Waals surface area contributed by atoms with Crippen LogP contribution in [0.4, 0.5) is 5.13 Å². The molecule has 13 nitrogen and oxygen atoms in total. The summed E-state index contributed by atoms with van der Waals surface area (Å²) in [4.78, 5) is 28.4. The summed E-state index contributed by atoms with van der Waals surface area (Å²) in [5, 5.41) is 14.4. The Morgan fingerprint density at radius 2 is 1.90 bits per heavy atom. The van der Waals surface area contributed by atoms with Gasteiger partial charge >= 0.3 is 0 Å². The summed E-state index contributed by atoms with van der Waals surface area (Å²) in [5.74, 6) is -0.189. The molecule has 0 spiro atoms. The maximum absolute atomic E-state index is 13.4. The number of anilines is 1. The van der Waals surface area contributed by atoms with E-state index < -0.39 is 15.7 Å². The highest BCUT2D eigenvalue weighted by Gasteiger charge is 2.20. The lowest BCUT2D eigenvalue weighted by Gasteiger charge is -2.08. The quantitative estimate of drug-likeness (QED) is 0.118. The molecule has 4 rings (SSSR count). The molecule has 2 N–H and O–H groups in total. The number of hydrogen-bond acceptors (Lipinski definition) is 12. The Hall–Kier alpha value is -3.92. The van der Waals surface area contributed by atoms with Crippen LogP contribution in [0.2, 0.25) is 0 Å². The van der Waals surface area contributed by atoms with Gasteiger partial charge in [-0.2, -0.15) is 5.10 Å². The average Bonchev–Trinajstić information content (AvgIpc) is 3.56. The van der Waals surface area contributed by atoms with Gasteiger partial charge in [-0.15, -0.1) is 0 Å². The van der Waals surface area contributed by atoms with Gasteiger partial charge in [0.05, 0.1) is 10.6 Å². The molecule has 1 amide bonds. The van der Waals surface area contributed by atoms with E-state index in [0.717, 1.165) is 0 Å². The monoisotopic (exact) mass is 601 g/mol. The summed E-state index contributed by atoms with van der Waals surface area (Å²) >= 11 is 1.18. The lowest BCUT2D eigenvalue weighted by Crippen LogP contribution is -2.24. The molecule has 0 aliphatic rings. The Labute approximate surface area is 241 Å². The van der Waals surface area contributed by atoms with Crippen molar-refractivity contribution in [2.24, 2.45) is 12.2 Å². The molecule has 4 aromatic rings. The van der Waals surface area contributed by atoms with Crippen molar-refractivity contribution in [3.63, 3.8) is 0 Å². The van der Waals surface area contributed by atoms with E-state index in [0.29, 0.717) is 58.8 Å². The third kappa shape index (κ3) is 8.29. The number of sulfone groups is 1. The van der Waals surface area contributed by atoms with E-state index in [2.05, 4.69) is 30.9 Å². The number of ether oxygens (including phenoxy) is 2. The number of methoxy groups -OCH3 is 1. The smallest absolute Gasteiger partial charge is 0.280 e. The minimum Gasteiger partial charge on any atom is -0.476 e. The standard InChI is InChI=1S/C26H31N7O6S2/c1-27-12-15-38-22-10-9-21-25(29-22)40-26(28-21)30-24(34)23(32-39-17-19-11-13-33(2)31-19)18-5-7-20(8-6-18)41(35,36)16-4-14-37-3/h5-11,13,27H,4,12,14-17H2,1-3H3,(H,28,30,34)/b32-23+. The molecule has 15 heteroatoms. The van der Waals surface area contributed by atoms with E-state index in [-0.39, 0.29) is 23.0 Å². The van der Waals surface area contributed by atoms with E-state index in [1.54, 1.807) is 36.1 Å². The Bertz CT molecular complexity index is 1600. The number of thiazole rings is 1. The van der Waals surface area contributed by atoms with E-state index in [9.17, 15) is 13.2 Å². The summed E-state index contributed by atoms with van der Waals surface area (Å²) in [5.41, 5.74) is 1.52. The Balaban J connectivity index is 1.54. The number of carbonyl (C=O) groups excluding carboxylic acids is 1. The zero-order valence-electron chi connectivity index (χ0n) is 22.9. The van der Waals surface area contributed by atoms with Gasteiger partial charge in [0.25, 0.3) is 5.91 Å². The first-order chi connectivity index (χ1) is 19.8. The zero-order valence-corrected chi connectivity index (χ0v) is 24.5. The summed E-state index contributed by atoms with van der Waals surface area (Å²) in [6.45, 7) is 1.51. The topological polar surface area (TPSA) is 159 Å². The van der Waals surface area contributed by atoms with Gasteiger partial charge in [0.1, 0.15) is 22.6 Å². The fourth-order valence-corrected chi connectivity index (χ4v) is 5.72. The number of nitrogens with one attached hydrogen (secondary N) is 2. The van der Waals surface area contributed by atoms with Gasteiger partial charge in [0.2, 0.25) is 5.88 Å². The van der Waals surface area contributed by atoms with E-state index in [1.807, 2.05) is 7.05 Å². The fraction of sp³-hybridized carbons (Fsp3) is 0.346. The number of carbonyl (C=O) groups is 1. The predicted molar refractivity (Wildman–Crippen MR) is 155 cm³/mol. The Morgan fingerprint density at radius 3 is 2.61 bits per heavy atom. The van der Waals surface area contributed by atoms with Crippen molar-refractivity contribution in [1.29, 1.82) is 0 Å². The van der Waals surface area contributed by atoms with Gasteiger partial charge in [-0.05, 0) is 37.7 Å². The normalized spacial score (nSPS) is 12.0. The number of nitrogens with zero attached hydrogens (tertiary/aromatic N) is 5. The van der Waals surface area contributed by atoms with E-state index >= 15 is 0 Å². The second kappa shape index (κ2) is 14.1. The number of likely N-dealkylation sites (N-methyl/N-ethyl adjacent to an activating group) is 1. The van der Waals surface area contributed by atoms with Crippen molar-refractivity contribution in [1.82, 2.24) is 25.1 Å². The number of benzene rings is 1. The third-order valence-corrected chi connectivity index (χ3v) is 8.35. The van der Waals surface area contributed by atoms with Crippen molar-refractivity contribution in [3.05, 3.63) is 59.9 Å². The number of rotatable bonds is 15. The summed E-state index contributed by atoms with van der Waals surface area (Å²) in [7, 11) is 1.62. The van der Waals surface area contributed by atoms with Gasteiger partial charge in [0, 0.05) is 45.1 Å². The minimum absolute atomic E-state index is 0.0327. The van der Waals surface area contributed by atoms with Crippen LogP contribution in [-0.2, 0) is 37.9 Å². The van der Waals surface area contributed by atoms with Crippen molar-refractivity contribution in [2.75, 3.05) is 45.0 Å². The fourth-order valence-electron chi connectivity index (χ4n) is 3.61. The summed E-state index contributed by atoms with van der Waals surface area (Å²) in [6.07, 6.45) is 2.14. The molecular weight excluding hydrogens is 570 g/mol. The molecule has 0 atom stereocenters. The number of aryl methyl sites for hydroxylation is 1. The van der Waals surface area contributed by atoms with Crippen molar-refractivity contribution in [3.8, 4) is 5.88 Å². The number of amides is 1. The lowest BCUT2D eigenvalue weighted by atomic mass is 10.1. The van der Waals surface area contributed by atoms with Crippen LogP contribution in [0.25, 0.3) is 10.3 Å². The second-order valence-corrected chi connectivity index (χ2v) is 11.9. The van der Waals surface area contributed by atoms with Gasteiger partial charge < -0.3 is 19.6 Å². The van der Waals surface area contributed by atoms with Crippen LogP contribution < -0.4 is 15.4 Å². The van der Waals surface area contributed by atoms with Gasteiger partial charge in [-0.1, -0.05) is 28.6 Å². The molecule has 0 unspecified atom stereocenters. The van der Waals surface area contributed by atoms with Crippen LogP contribution in [0.5, 0.6) is 5.88 Å². The molecule has 3 heterocycles. The molecular formula is C26H31N7O6S2. The van der Waals surface area contributed by atoms with Crippen LogP contribution >= 0.6 is 11.3 Å². The molecule has 1 aromatic carbocycles. The van der Waals surface area contributed by atoms with Crippen LogP contribution in [-0.4, -0.2) is 79.5 Å². The predicted octanol–water partition coefficient (Wildman–Crippen LogP) is 2.39. The number of oxime groups is 1. The SMILES string of the molecule is CNCCOc1ccc2nc(NC(=O)/C(=N/OCc3ccn(C)n3)c3ccc(S(=O)(=O)CCCOC)cc3)sc2n1. The molecule has 0 aliphatic heterocycles. The molecule has 0 bridgehead atoms. The first-order valence-corrected chi connectivity index (χ1v) is 15.1. The molecule has 41 heavy (non-hydrogen) atoms. The molecule has 218 valence electrons. The number of pyridine rings is 1. The van der Waals surface area contributed by atoms with Crippen molar-refractivity contribution >= 4 is 48.3 Å². The van der Waals surface area contributed by atoms with Crippen molar-refractivity contribution in [2.45, 2.75) is 17.9 Å². The zero-order chi connectivity index (χ0) is 29.2. The highest BCUT2D eigenvalue weighted by molar-refractivity contribution is 7.91. The number of fused-ring (bicyclic) bond motifs is 1.